The summed E-state index contributed by atoms with van der Waals surface area (Å²) in [5, 5.41) is 20.5. The summed E-state index contributed by atoms with van der Waals surface area (Å²) >= 11 is 1.30. The van der Waals surface area contributed by atoms with Crippen molar-refractivity contribution in [1.29, 1.82) is 0 Å². The zero-order valence-electron chi connectivity index (χ0n) is 10.2. The second-order valence-electron chi connectivity index (χ2n) is 4.14. The third kappa shape index (κ3) is 2.41. The van der Waals surface area contributed by atoms with E-state index in [9.17, 15) is 20.0 Å². The SMILES string of the molecule is CCCC(C(=O)O)c1ccc2scnc2c1[N+](=O)[O-]. The smallest absolute Gasteiger partial charge is 0.311 e. The van der Waals surface area contributed by atoms with Crippen molar-refractivity contribution in [2.45, 2.75) is 25.7 Å². The van der Waals surface area contributed by atoms with Crippen LogP contribution in [-0.4, -0.2) is 21.0 Å². The Kier molecular flexibility index (Phi) is 3.75. The van der Waals surface area contributed by atoms with E-state index in [-0.39, 0.29) is 16.8 Å². The number of hydrogen-bond donors (Lipinski definition) is 1. The third-order valence-corrected chi connectivity index (χ3v) is 3.73. The lowest BCUT2D eigenvalue weighted by Gasteiger charge is -2.11. The number of carboxylic acid groups (broad SMARTS) is 1. The molecule has 0 spiro atoms. The molecule has 0 aliphatic rings. The van der Waals surface area contributed by atoms with Gasteiger partial charge in [0.15, 0.2) is 5.52 Å². The van der Waals surface area contributed by atoms with Gasteiger partial charge in [0.2, 0.25) is 0 Å². The quantitative estimate of drug-likeness (QED) is 0.670. The van der Waals surface area contributed by atoms with E-state index in [2.05, 4.69) is 4.98 Å². The topological polar surface area (TPSA) is 93.3 Å². The van der Waals surface area contributed by atoms with Crippen molar-refractivity contribution in [2.75, 3.05) is 0 Å². The molecule has 0 saturated carbocycles. The lowest BCUT2D eigenvalue weighted by molar-refractivity contribution is -0.384. The van der Waals surface area contributed by atoms with Gasteiger partial charge in [-0.15, -0.1) is 11.3 Å². The van der Waals surface area contributed by atoms with Crippen LogP contribution in [0, 0.1) is 10.1 Å². The van der Waals surface area contributed by atoms with E-state index in [4.69, 9.17) is 0 Å². The zero-order valence-corrected chi connectivity index (χ0v) is 11.0. The molecule has 1 atom stereocenters. The van der Waals surface area contributed by atoms with E-state index < -0.39 is 16.8 Å². The monoisotopic (exact) mass is 280 g/mol. The first kappa shape index (κ1) is 13.4. The summed E-state index contributed by atoms with van der Waals surface area (Å²) in [4.78, 5) is 26.0. The maximum atomic E-state index is 11.3. The molecule has 7 heteroatoms. The van der Waals surface area contributed by atoms with E-state index in [0.717, 1.165) is 0 Å². The fourth-order valence-corrected chi connectivity index (χ4v) is 2.79. The molecule has 0 amide bonds. The lowest BCUT2D eigenvalue weighted by Crippen LogP contribution is -2.13. The van der Waals surface area contributed by atoms with Gasteiger partial charge in [-0.3, -0.25) is 14.9 Å². The molecule has 1 heterocycles. The molecule has 0 aliphatic heterocycles. The van der Waals surface area contributed by atoms with Gasteiger partial charge < -0.3 is 5.11 Å². The zero-order chi connectivity index (χ0) is 14.0. The van der Waals surface area contributed by atoms with Crippen molar-refractivity contribution in [1.82, 2.24) is 4.98 Å². The molecule has 0 fully saturated rings. The molecule has 19 heavy (non-hydrogen) atoms. The van der Waals surface area contributed by atoms with Crippen molar-refractivity contribution in [2.24, 2.45) is 0 Å². The molecule has 2 rings (SSSR count). The highest BCUT2D eigenvalue weighted by atomic mass is 32.1. The van der Waals surface area contributed by atoms with Gasteiger partial charge in [-0.2, -0.15) is 0 Å². The summed E-state index contributed by atoms with van der Waals surface area (Å²) in [6.45, 7) is 1.85. The highest BCUT2D eigenvalue weighted by Gasteiger charge is 2.30. The van der Waals surface area contributed by atoms with Gasteiger partial charge in [-0.05, 0) is 18.6 Å². The van der Waals surface area contributed by atoms with Crippen LogP contribution in [0.2, 0.25) is 0 Å². The number of rotatable bonds is 5. The Morgan fingerprint density at radius 2 is 2.32 bits per heavy atom. The fraction of sp³-hybridized carbons (Fsp3) is 0.333. The number of carboxylic acids is 1. The molecule has 1 aromatic heterocycles. The normalized spacial score (nSPS) is 12.5. The molecule has 0 aliphatic carbocycles. The Balaban J connectivity index is 2.67. The molecule has 2 aromatic rings. The summed E-state index contributed by atoms with van der Waals surface area (Å²) in [6, 6.07) is 3.23. The first-order chi connectivity index (χ1) is 9.06. The number of fused-ring (bicyclic) bond motifs is 1. The first-order valence-corrected chi connectivity index (χ1v) is 6.67. The number of hydrogen-bond acceptors (Lipinski definition) is 5. The maximum absolute atomic E-state index is 11.3. The Morgan fingerprint density at radius 3 is 2.89 bits per heavy atom. The first-order valence-electron chi connectivity index (χ1n) is 5.79. The number of carbonyl (C=O) groups is 1. The van der Waals surface area contributed by atoms with Gasteiger partial charge in [0, 0.05) is 5.56 Å². The average Bonchev–Trinajstić information content (AvgIpc) is 2.82. The van der Waals surface area contributed by atoms with Crippen molar-refractivity contribution < 1.29 is 14.8 Å². The molecule has 1 aromatic carbocycles. The standard InChI is InChI=1S/C12H12N2O4S/c1-2-3-8(12(15)16)7-4-5-9-10(13-6-19-9)11(7)14(17)18/h4-6,8H,2-3H2,1H3,(H,15,16). The number of benzene rings is 1. The Labute approximate surface area is 112 Å². The minimum absolute atomic E-state index is 0.181. The van der Waals surface area contributed by atoms with Crippen LogP contribution in [0.3, 0.4) is 0 Å². The van der Waals surface area contributed by atoms with E-state index in [1.807, 2.05) is 6.92 Å². The highest BCUT2D eigenvalue weighted by Crippen LogP contribution is 2.36. The maximum Gasteiger partial charge on any atom is 0.311 e. The molecule has 6 nitrogen and oxygen atoms in total. The van der Waals surface area contributed by atoms with Gasteiger partial charge in [-0.1, -0.05) is 13.3 Å². The number of nitro groups is 1. The number of nitrogens with zero attached hydrogens (tertiary/aromatic N) is 2. The number of thiazole rings is 1. The second-order valence-corrected chi connectivity index (χ2v) is 5.03. The molecule has 0 radical (unpaired) electrons. The van der Waals surface area contributed by atoms with Gasteiger partial charge in [-0.25, -0.2) is 4.98 Å². The minimum atomic E-state index is -1.04. The van der Waals surface area contributed by atoms with Gasteiger partial charge in [0.05, 0.1) is 21.1 Å². The molecule has 100 valence electrons. The van der Waals surface area contributed by atoms with Gasteiger partial charge in [0.25, 0.3) is 5.69 Å². The van der Waals surface area contributed by atoms with Crippen LogP contribution in [0.5, 0.6) is 0 Å². The molecule has 1 unspecified atom stereocenters. The van der Waals surface area contributed by atoms with Crippen molar-refractivity contribution in [3.63, 3.8) is 0 Å². The predicted molar refractivity (Wildman–Crippen MR) is 71.6 cm³/mol. The third-order valence-electron chi connectivity index (χ3n) is 2.94. The Hall–Kier alpha value is -2.02. The van der Waals surface area contributed by atoms with E-state index in [0.29, 0.717) is 17.5 Å². The van der Waals surface area contributed by atoms with E-state index in [1.54, 1.807) is 6.07 Å². The molecule has 0 saturated heterocycles. The second kappa shape index (κ2) is 5.31. The molecule has 1 N–H and O–H groups in total. The Morgan fingerprint density at radius 1 is 1.58 bits per heavy atom. The number of aliphatic carboxylic acids is 1. The predicted octanol–water partition coefficient (Wildman–Crippen LogP) is 3.17. The molecular weight excluding hydrogens is 268 g/mol. The largest absolute Gasteiger partial charge is 0.481 e. The molecular formula is C12H12N2O4S. The van der Waals surface area contributed by atoms with Crippen LogP contribution in [0.25, 0.3) is 10.2 Å². The van der Waals surface area contributed by atoms with Crippen molar-refractivity contribution in [3.05, 3.63) is 33.3 Å². The van der Waals surface area contributed by atoms with Crippen LogP contribution in [-0.2, 0) is 4.79 Å². The summed E-state index contributed by atoms with van der Waals surface area (Å²) in [5.41, 5.74) is 1.85. The van der Waals surface area contributed by atoms with E-state index in [1.165, 1.54) is 22.9 Å². The van der Waals surface area contributed by atoms with Crippen LogP contribution < -0.4 is 0 Å². The van der Waals surface area contributed by atoms with Crippen LogP contribution in [0.4, 0.5) is 5.69 Å². The minimum Gasteiger partial charge on any atom is -0.481 e. The summed E-state index contributed by atoms with van der Waals surface area (Å²) in [7, 11) is 0. The van der Waals surface area contributed by atoms with Crippen LogP contribution in [0.15, 0.2) is 17.6 Å². The van der Waals surface area contributed by atoms with Gasteiger partial charge in [0.1, 0.15) is 0 Å². The summed E-state index contributed by atoms with van der Waals surface area (Å²) in [5.74, 6) is -1.91. The molecule has 0 bridgehead atoms. The fourth-order valence-electron chi connectivity index (χ4n) is 2.11. The highest BCUT2D eigenvalue weighted by molar-refractivity contribution is 7.16. The van der Waals surface area contributed by atoms with Crippen molar-refractivity contribution in [3.8, 4) is 0 Å². The van der Waals surface area contributed by atoms with Crippen LogP contribution >= 0.6 is 11.3 Å². The van der Waals surface area contributed by atoms with E-state index >= 15 is 0 Å². The van der Waals surface area contributed by atoms with Gasteiger partial charge >= 0.3 is 5.97 Å². The number of aromatic nitrogens is 1. The lowest BCUT2D eigenvalue weighted by atomic mass is 9.93. The summed E-state index contributed by atoms with van der Waals surface area (Å²) in [6.07, 6.45) is 1.01. The summed E-state index contributed by atoms with van der Waals surface area (Å²) < 4.78 is 0.691. The number of nitro benzene ring substituents is 1. The Bertz CT molecular complexity index is 638. The average molecular weight is 280 g/mol. The van der Waals surface area contributed by atoms with Crippen molar-refractivity contribution >= 4 is 33.2 Å². The van der Waals surface area contributed by atoms with Crippen LogP contribution in [0.1, 0.15) is 31.2 Å².